The number of hydrogen-bond donors (Lipinski definition) is 2. The second kappa shape index (κ2) is 11.3. The van der Waals surface area contributed by atoms with Gasteiger partial charge in [-0.3, -0.25) is 9.97 Å². The molecule has 0 aliphatic carbocycles. The van der Waals surface area contributed by atoms with Crippen molar-refractivity contribution in [2.75, 3.05) is 13.1 Å². The van der Waals surface area contributed by atoms with Gasteiger partial charge in [0, 0.05) is 30.9 Å². The SMILES string of the molecule is Cc1cnc(CNCCCCNCc2ncccc2C(C)(C)c2ccccc2F)c(C)c1. The van der Waals surface area contributed by atoms with Gasteiger partial charge in [-0.05, 0) is 74.2 Å². The van der Waals surface area contributed by atoms with Crippen molar-refractivity contribution in [1.29, 1.82) is 0 Å². The monoisotopic (exact) mass is 434 g/mol. The Morgan fingerprint density at radius 3 is 2.19 bits per heavy atom. The number of aromatic nitrogens is 2. The van der Waals surface area contributed by atoms with Crippen LogP contribution in [0.2, 0.25) is 0 Å². The minimum atomic E-state index is -0.456. The van der Waals surface area contributed by atoms with Crippen molar-refractivity contribution in [2.24, 2.45) is 0 Å². The molecule has 0 amide bonds. The number of nitrogens with zero attached hydrogens (tertiary/aromatic N) is 2. The summed E-state index contributed by atoms with van der Waals surface area (Å²) in [5, 5.41) is 6.99. The van der Waals surface area contributed by atoms with Gasteiger partial charge >= 0.3 is 0 Å². The minimum absolute atomic E-state index is 0.177. The summed E-state index contributed by atoms with van der Waals surface area (Å²) < 4.78 is 14.5. The number of aryl methyl sites for hydroxylation is 2. The third-order valence-electron chi connectivity index (χ3n) is 5.98. The fourth-order valence-corrected chi connectivity index (χ4v) is 4.10. The molecule has 1 aromatic carbocycles. The first-order chi connectivity index (χ1) is 15.4. The Labute approximate surface area is 191 Å². The zero-order valence-corrected chi connectivity index (χ0v) is 19.7. The normalized spacial score (nSPS) is 11.7. The molecule has 0 bridgehead atoms. The van der Waals surface area contributed by atoms with Crippen LogP contribution in [0.25, 0.3) is 0 Å². The number of rotatable bonds is 11. The van der Waals surface area contributed by atoms with Gasteiger partial charge in [-0.25, -0.2) is 4.39 Å². The molecule has 4 nitrogen and oxygen atoms in total. The molecule has 32 heavy (non-hydrogen) atoms. The van der Waals surface area contributed by atoms with Gasteiger partial charge in [0.25, 0.3) is 0 Å². The van der Waals surface area contributed by atoms with E-state index in [0.29, 0.717) is 12.1 Å². The van der Waals surface area contributed by atoms with E-state index in [9.17, 15) is 4.39 Å². The molecule has 0 aliphatic rings. The first kappa shape index (κ1) is 24.0. The second-order valence-corrected chi connectivity index (χ2v) is 8.94. The number of hydrogen-bond acceptors (Lipinski definition) is 4. The lowest BCUT2D eigenvalue weighted by Gasteiger charge is -2.28. The summed E-state index contributed by atoms with van der Waals surface area (Å²) in [7, 11) is 0. The van der Waals surface area contributed by atoms with E-state index in [1.807, 2.05) is 30.6 Å². The Hall–Kier alpha value is -2.63. The standard InChI is InChI=1S/C27H35FN4/c1-20-16-21(2)25(32-17-20)18-29-13-7-8-14-30-19-26-23(11-9-15-31-26)27(3,4)22-10-5-6-12-24(22)28/h5-6,9-12,15-17,29-30H,7-8,13-14,18-19H2,1-4H3. The molecule has 2 aromatic heterocycles. The summed E-state index contributed by atoms with van der Waals surface area (Å²) in [6, 6.07) is 13.2. The average molecular weight is 435 g/mol. The van der Waals surface area contributed by atoms with E-state index in [2.05, 4.69) is 60.4 Å². The fraction of sp³-hybridized carbons (Fsp3) is 0.407. The van der Waals surface area contributed by atoms with Crippen molar-refractivity contribution in [2.45, 2.75) is 59.0 Å². The highest BCUT2D eigenvalue weighted by Crippen LogP contribution is 2.34. The molecule has 3 rings (SSSR count). The molecule has 0 radical (unpaired) electrons. The maximum absolute atomic E-state index is 14.5. The van der Waals surface area contributed by atoms with Crippen molar-refractivity contribution in [3.8, 4) is 0 Å². The highest BCUT2D eigenvalue weighted by molar-refractivity contribution is 5.40. The van der Waals surface area contributed by atoms with Gasteiger partial charge in [0.05, 0.1) is 11.4 Å². The van der Waals surface area contributed by atoms with Crippen LogP contribution in [-0.2, 0) is 18.5 Å². The van der Waals surface area contributed by atoms with Crippen LogP contribution in [0.1, 0.15) is 60.3 Å². The second-order valence-electron chi connectivity index (χ2n) is 8.94. The van der Waals surface area contributed by atoms with Crippen molar-refractivity contribution in [3.05, 3.63) is 94.3 Å². The van der Waals surface area contributed by atoms with Crippen molar-refractivity contribution < 1.29 is 4.39 Å². The topological polar surface area (TPSA) is 49.8 Å². The van der Waals surface area contributed by atoms with Gasteiger partial charge in [0.15, 0.2) is 0 Å². The van der Waals surface area contributed by atoms with Crippen LogP contribution in [0.15, 0.2) is 54.9 Å². The lowest BCUT2D eigenvalue weighted by molar-refractivity contribution is 0.535. The van der Waals surface area contributed by atoms with Gasteiger partial charge < -0.3 is 10.6 Å². The van der Waals surface area contributed by atoms with Gasteiger partial charge in [0.1, 0.15) is 5.82 Å². The summed E-state index contributed by atoms with van der Waals surface area (Å²) in [6.07, 6.45) is 5.90. The molecule has 0 spiro atoms. The lowest BCUT2D eigenvalue weighted by atomic mass is 9.77. The van der Waals surface area contributed by atoms with E-state index >= 15 is 0 Å². The summed E-state index contributed by atoms with van der Waals surface area (Å²) in [5.74, 6) is -0.177. The van der Waals surface area contributed by atoms with Gasteiger partial charge in [-0.1, -0.05) is 44.2 Å². The van der Waals surface area contributed by atoms with Crippen molar-refractivity contribution in [3.63, 3.8) is 0 Å². The van der Waals surface area contributed by atoms with Gasteiger partial charge in [-0.2, -0.15) is 0 Å². The zero-order valence-electron chi connectivity index (χ0n) is 19.7. The van der Waals surface area contributed by atoms with Crippen LogP contribution in [0.3, 0.4) is 0 Å². The molecule has 170 valence electrons. The van der Waals surface area contributed by atoms with Crippen LogP contribution < -0.4 is 10.6 Å². The summed E-state index contributed by atoms with van der Waals surface area (Å²) >= 11 is 0. The first-order valence-corrected chi connectivity index (χ1v) is 11.4. The summed E-state index contributed by atoms with van der Waals surface area (Å²) in [6.45, 7) is 11.7. The summed E-state index contributed by atoms with van der Waals surface area (Å²) in [4.78, 5) is 9.10. The van der Waals surface area contributed by atoms with E-state index in [-0.39, 0.29) is 5.82 Å². The minimum Gasteiger partial charge on any atom is -0.311 e. The molecule has 0 atom stereocenters. The van der Waals surface area contributed by atoms with Crippen LogP contribution in [0.5, 0.6) is 0 Å². The van der Waals surface area contributed by atoms with Crippen molar-refractivity contribution >= 4 is 0 Å². The third kappa shape index (κ3) is 6.21. The molecular weight excluding hydrogens is 399 g/mol. The number of nitrogens with one attached hydrogen (secondary N) is 2. The zero-order chi connectivity index (χ0) is 23.0. The van der Waals surface area contributed by atoms with Crippen LogP contribution in [0, 0.1) is 19.7 Å². The van der Waals surface area contributed by atoms with E-state index < -0.39 is 5.41 Å². The number of pyridine rings is 2. The van der Waals surface area contributed by atoms with E-state index in [4.69, 9.17) is 0 Å². The van der Waals surface area contributed by atoms with E-state index in [0.717, 1.165) is 49.4 Å². The Bertz CT molecular complexity index is 1020. The van der Waals surface area contributed by atoms with Crippen LogP contribution in [-0.4, -0.2) is 23.1 Å². The average Bonchev–Trinajstić information content (AvgIpc) is 2.77. The first-order valence-electron chi connectivity index (χ1n) is 11.4. The predicted octanol–water partition coefficient (Wildman–Crippen LogP) is 5.22. The van der Waals surface area contributed by atoms with E-state index in [1.54, 1.807) is 6.07 Å². The highest BCUT2D eigenvalue weighted by Gasteiger charge is 2.28. The Kier molecular flexibility index (Phi) is 8.48. The molecule has 0 aliphatic heterocycles. The Morgan fingerprint density at radius 2 is 1.50 bits per heavy atom. The quantitative estimate of drug-likeness (QED) is 0.406. The molecule has 2 heterocycles. The summed E-state index contributed by atoms with van der Waals surface area (Å²) in [5.41, 5.74) is 5.82. The van der Waals surface area contributed by atoms with E-state index in [1.165, 1.54) is 17.2 Å². The largest absolute Gasteiger partial charge is 0.311 e. The number of benzene rings is 1. The molecular formula is C27H35FN4. The van der Waals surface area contributed by atoms with Gasteiger partial charge in [-0.15, -0.1) is 0 Å². The molecule has 0 saturated carbocycles. The number of halogens is 1. The smallest absolute Gasteiger partial charge is 0.127 e. The Balaban J connectivity index is 1.44. The predicted molar refractivity (Wildman–Crippen MR) is 129 cm³/mol. The van der Waals surface area contributed by atoms with Crippen LogP contribution in [0.4, 0.5) is 4.39 Å². The van der Waals surface area contributed by atoms with Crippen molar-refractivity contribution in [1.82, 2.24) is 20.6 Å². The fourth-order valence-electron chi connectivity index (χ4n) is 4.10. The van der Waals surface area contributed by atoms with Crippen LogP contribution >= 0.6 is 0 Å². The molecule has 2 N–H and O–H groups in total. The molecule has 5 heteroatoms. The highest BCUT2D eigenvalue weighted by atomic mass is 19.1. The molecule has 0 unspecified atom stereocenters. The van der Waals surface area contributed by atoms with Gasteiger partial charge in [0.2, 0.25) is 0 Å². The lowest BCUT2D eigenvalue weighted by Crippen LogP contribution is -2.26. The third-order valence-corrected chi connectivity index (χ3v) is 5.98. The Morgan fingerprint density at radius 1 is 0.844 bits per heavy atom. The maximum atomic E-state index is 14.5. The molecule has 0 fully saturated rings. The maximum Gasteiger partial charge on any atom is 0.127 e. The number of unbranched alkanes of at least 4 members (excludes halogenated alkanes) is 1. The molecule has 3 aromatic rings. The molecule has 0 saturated heterocycles.